The van der Waals surface area contributed by atoms with Crippen molar-refractivity contribution in [3.05, 3.63) is 47.3 Å². The molecule has 0 fully saturated rings. The van der Waals surface area contributed by atoms with E-state index in [1.165, 1.54) is 6.07 Å². The lowest BCUT2D eigenvalue weighted by Gasteiger charge is -2.11. The van der Waals surface area contributed by atoms with Crippen molar-refractivity contribution in [3.63, 3.8) is 0 Å². The Hall–Kier alpha value is -2.56. The molecule has 0 saturated carbocycles. The number of carbonyl (C=O) groups is 1. The van der Waals surface area contributed by atoms with Crippen LogP contribution in [0.1, 0.15) is 16.8 Å². The maximum Gasteiger partial charge on any atom is 0.262 e. The van der Waals surface area contributed by atoms with E-state index in [0.29, 0.717) is 5.75 Å². The quantitative estimate of drug-likeness (QED) is 0.851. The molecule has 1 aromatic carbocycles. The molecule has 2 aromatic rings. The van der Waals surface area contributed by atoms with Gasteiger partial charge in [-0.05, 0) is 25.5 Å². The summed E-state index contributed by atoms with van der Waals surface area (Å²) in [6.07, 6.45) is 1.73. The van der Waals surface area contributed by atoms with Gasteiger partial charge in [0, 0.05) is 18.7 Å². The van der Waals surface area contributed by atoms with Gasteiger partial charge in [-0.25, -0.2) is 4.57 Å². The average molecular weight is 301 g/mol. The molecule has 0 unspecified atom stereocenters. The number of nitrogens with one attached hydrogen (secondary N) is 1. The number of amides is 1. The Bertz CT molecular complexity index is 711. The molecule has 0 atom stereocenters. The number of rotatable bonds is 4. The molecule has 0 bridgehead atoms. The molecule has 2 rings (SSSR count). The van der Waals surface area contributed by atoms with Crippen molar-refractivity contribution in [2.75, 3.05) is 11.9 Å². The number of aryl methyl sites for hydroxylation is 3. The topological polar surface area (TPSA) is 62.4 Å². The predicted molar refractivity (Wildman–Crippen MR) is 84.1 cm³/mol. The molecule has 0 aliphatic rings. The van der Waals surface area contributed by atoms with Crippen LogP contribution in [0.5, 0.6) is 11.5 Å². The zero-order chi connectivity index (χ0) is 16.3. The zero-order valence-electron chi connectivity index (χ0n) is 13.3. The summed E-state index contributed by atoms with van der Waals surface area (Å²) in [5.74, 6) is 0.0768. The number of anilines is 1. The van der Waals surface area contributed by atoms with Gasteiger partial charge in [0.05, 0.1) is 0 Å². The van der Waals surface area contributed by atoms with E-state index in [4.69, 9.17) is 4.74 Å². The Morgan fingerprint density at radius 1 is 1.27 bits per heavy atom. The van der Waals surface area contributed by atoms with Gasteiger partial charge < -0.3 is 15.2 Å². The average Bonchev–Trinajstić information content (AvgIpc) is 2.46. The van der Waals surface area contributed by atoms with Crippen molar-refractivity contribution in [2.24, 2.45) is 7.05 Å². The molecule has 1 heterocycles. The van der Waals surface area contributed by atoms with Gasteiger partial charge in [0.2, 0.25) is 11.4 Å². The summed E-state index contributed by atoms with van der Waals surface area (Å²) in [5, 5.41) is 12.6. The number of benzene rings is 1. The summed E-state index contributed by atoms with van der Waals surface area (Å²) < 4.78 is 7.28. The van der Waals surface area contributed by atoms with Crippen molar-refractivity contribution in [2.45, 2.75) is 20.8 Å². The first-order valence-electron chi connectivity index (χ1n) is 7.06. The fraction of sp³-hybridized carbons (Fsp3) is 0.294. The third-order valence-corrected chi connectivity index (χ3v) is 3.55. The van der Waals surface area contributed by atoms with E-state index in [-0.39, 0.29) is 18.3 Å². The SMILES string of the molecule is Cc1ccc(NC(=O)COc2c(O)cc[n+](C)c2C)c(C)c1. The second kappa shape index (κ2) is 6.47. The smallest absolute Gasteiger partial charge is 0.262 e. The first-order valence-corrected chi connectivity index (χ1v) is 7.06. The lowest BCUT2D eigenvalue weighted by atomic mass is 10.1. The van der Waals surface area contributed by atoms with Crippen molar-refractivity contribution >= 4 is 11.6 Å². The minimum atomic E-state index is -0.266. The number of aromatic nitrogens is 1. The molecule has 5 heteroatoms. The first kappa shape index (κ1) is 15.8. The van der Waals surface area contributed by atoms with Gasteiger partial charge in [-0.1, -0.05) is 17.7 Å². The third kappa shape index (κ3) is 3.55. The van der Waals surface area contributed by atoms with Gasteiger partial charge in [0.1, 0.15) is 7.05 Å². The fourth-order valence-electron chi connectivity index (χ4n) is 2.17. The molecule has 116 valence electrons. The van der Waals surface area contributed by atoms with Crippen LogP contribution in [0.3, 0.4) is 0 Å². The van der Waals surface area contributed by atoms with Crippen LogP contribution in [0.2, 0.25) is 0 Å². The van der Waals surface area contributed by atoms with Crippen LogP contribution < -0.4 is 14.6 Å². The monoisotopic (exact) mass is 301 g/mol. The minimum Gasteiger partial charge on any atom is -0.504 e. The summed E-state index contributed by atoms with van der Waals surface area (Å²) in [6.45, 7) is 5.60. The van der Waals surface area contributed by atoms with Gasteiger partial charge in [-0.3, -0.25) is 4.79 Å². The molecule has 0 saturated heterocycles. The van der Waals surface area contributed by atoms with E-state index in [2.05, 4.69) is 5.32 Å². The number of carbonyl (C=O) groups excluding carboxylic acids is 1. The molecule has 0 aliphatic carbocycles. The van der Waals surface area contributed by atoms with Crippen molar-refractivity contribution < 1.29 is 19.2 Å². The normalized spacial score (nSPS) is 10.4. The van der Waals surface area contributed by atoms with Crippen LogP contribution >= 0.6 is 0 Å². The van der Waals surface area contributed by atoms with Gasteiger partial charge >= 0.3 is 0 Å². The number of ether oxygens (including phenoxy) is 1. The molecule has 0 aliphatic heterocycles. The molecule has 1 amide bonds. The standard InChI is InChI=1S/C17H20N2O3/c1-11-5-6-14(12(2)9-11)18-16(21)10-22-17-13(3)19(4)8-7-15(17)20/h5-9H,10H2,1-4H3,(H,18,21)/p+1. The highest BCUT2D eigenvalue weighted by atomic mass is 16.5. The third-order valence-electron chi connectivity index (χ3n) is 3.55. The Kier molecular flexibility index (Phi) is 4.65. The van der Waals surface area contributed by atoms with E-state index in [9.17, 15) is 9.90 Å². The Morgan fingerprint density at radius 2 is 2.00 bits per heavy atom. The maximum atomic E-state index is 12.0. The molecular weight excluding hydrogens is 280 g/mol. The van der Waals surface area contributed by atoms with Crippen LogP contribution in [0.25, 0.3) is 0 Å². The Balaban J connectivity index is 2.03. The highest BCUT2D eigenvalue weighted by molar-refractivity contribution is 5.92. The number of nitrogens with zero attached hydrogens (tertiary/aromatic N) is 1. The summed E-state index contributed by atoms with van der Waals surface area (Å²) in [6, 6.07) is 7.35. The van der Waals surface area contributed by atoms with Crippen LogP contribution in [-0.4, -0.2) is 17.6 Å². The van der Waals surface area contributed by atoms with Crippen LogP contribution in [0.4, 0.5) is 5.69 Å². The lowest BCUT2D eigenvalue weighted by Crippen LogP contribution is -2.32. The summed E-state index contributed by atoms with van der Waals surface area (Å²) >= 11 is 0. The Morgan fingerprint density at radius 3 is 2.68 bits per heavy atom. The van der Waals surface area contributed by atoms with E-state index in [0.717, 1.165) is 22.5 Å². The number of hydrogen-bond acceptors (Lipinski definition) is 3. The number of pyridine rings is 1. The van der Waals surface area contributed by atoms with Crippen LogP contribution in [0, 0.1) is 20.8 Å². The summed E-state index contributed by atoms with van der Waals surface area (Å²) in [5.41, 5.74) is 3.65. The van der Waals surface area contributed by atoms with Crippen LogP contribution in [-0.2, 0) is 11.8 Å². The van der Waals surface area contributed by atoms with E-state index >= 15 is 0 Å². The number of aromatic hydroxyl groups is 1. The maximum absolute atomic E-state index is 12.0. The van der Waals surface area contributed by atoms with Gasteiger partial charge in [0.15, 0.2) is 18.6 Å². The minimum absolute atomic E-state index is 0.0231. The molecule has 5 nitrogen and oxygen atoms in total. The van der Waals surface area contributed by atoms with E-state index in [1.807, 2.05) is 50.6 Å². The predicted octanol–water partition coefficient (Wildman–Crippen LogP) is 2.16. The molecule has 22 heavy (non-hydrogen) atoms. The molecule has 1 aromatic heterocycles. The first-order chi connectivity index (χ1) is 10.4. The van der Waals surface area contributed by atoms with Crippen molar-refractivity contribution in [1.29, 1.82) is 0 Å². The summed E-state index contributed by atoms with van der Waals surface area (Å²) in [7, 11) is 1.84. The van der Waals surface area contributed by atoms with Gasteiger partial charge in [-0.15, -0.1) is 0 Å². The second-order valence-corrected chi connectivity index (χ2v) is 5.38. The highest BCUT2D eigenvalue weighted by Gasteiger charge is 2.16. The largest absolute Gasteiger partial charge is 0.504 e. The van der Waals surface area contributed by atoms with Crippen molar-refractivity contribution in [3.8, 4) is 11.5 Å². The number of hydrogen-bond donors (Lipinski definition) is 2. The second-order valence-electron chi connectivity index (χ2n) is 5.38. The molecular formula is C17H21N2O3+. The van der Waals surface area contributed by atoms with Gasteiger partial charge in [-0.2, -0.15) is 0 Å². The van der Waals surface area contributed by atoms with Crippen LogP contribution in [0.15, 0.2) is 30.5 Å². The molecule has 2 N–H and O–H groups in total. The van der Waals surface area contributed by atoms with Crippen molar-refractivity contribution in [1.82, 2.24) is 0 Å². The summed E-state index contributed by atoms with van der Waals surface area (Å²) in [4.78, 5) is 12.0. The molecule has 0 spiro atoms. The highest BCUT2D eigenvalue weighted by Crippen LogP contribution is 2.26. The fourth-order valence-corrected chi connectivity index (χ4v) is 2.17. The zero-order valence-corrected chi connectivity index (χ0v) is 13.3. The van der Waals surface area contributed by atoms with E-state index in [1.54, 1.807) is 6.20 Å². The van der Waals surface area contributed by atoms with Gasteiger partial charge in [0.25, 0.3) is 5.91 Å². The Labute approximate surface area is 130 Å². The molecule has 0 radical (unpaired) electrons. The lowest BCUT2D eigenvalue weighted by molar-refractivity contribution is -0.678. The van der Waals surface area contributed by atoms with E-state index < -0.39 is 0 Å².